The van der Waals surface area contributed by atoms with E-state index in [9.17, 15) is 9.90 Å². The summed E-state index contributed by atoms with van der Waals surface area (Å²) in [6, 6.07) is 0. The summed E-state index contributed by atoms with van der Waals surface area (Å²) in [5, 5.41) is 9.76. The average Bonchev–Trinajstić information content (AvgIpc) is 2.05. The van der Waals surface area contributed by atoms with Gasteiger partial charge in [-0.25, -0.2) is 0 Å². The van der Waals surface area contributed by atoms with Gasteiger partial charge in [-0.15, -0.1) is 0 Å². The van der Waals surface area contributed by atoms with E-state index in [4.69, 9.17) is 0 Å². The fraction of sp³-hybridized carbons (Fsp3) is 0.727. The van der Waals surface area contributed by atoms with Gasteiger partial charge in [-0.2, -0.15) is 0 Å². The number of carbonyl (C=O) groups is 1. The molecule has 0 aromatic carbocycles. The Morgan fingerprint density at radius 3 is 2.62 bits per heavy atom. The molecule has 0 aliphatic carbocycles. The summed E-state index contributed by atoms with van der Waals surface area (Å²) in [6.45, 7) is 3.92. The van der Waals surface area contributed by atoms with Gasteiger partial charge in [0.05, 0.1) is 5.60 Å². The van der Waals surface area contributed by atoms with Gasteiger partial charge in [0.2, 0.25) is 0 Å². The van der Waals surface area contributed by atoms with Gasteiger partial charge in [0.1, 0.15) is 6.29 Å². The molecule has 0 radical (unpaired) electrons. The van der Waals surface area contributed by atoms with Crippen LogP contribution in [0.3, 0.4) is 0 Å². The predicted molar refractivity (Wildman–Crippen MR) is 54.6 cm³/mol. The van der Waals surface area contributed by atoms with Gasteiger partial charge in [0.15, 0.2) is 0 Å². The second-order valence-corrected chi connectivity index (χ2v) is 3.62. The predicted octanol–water partition coefficient (Wildman–Crippen LogP) is 2.46. The normalized spacial score (nSPS) is 15.9. The van der Waals surface area contributed by atoms with E-state index in [1.165, 1.54) is 0 Å². The second kappa shape index (κ2) is 6.84. The van der Waals surface area contributed by atoms with Crippen molar-refractivity contribution in [2.24, 2.45) is 0 Å². The molecule has 2 heteroatoms. The van der Waals surface area contributed by atoms with Crippen LogP contribution in [0.25, 0.3) is 0 Å². The first-order valence-electron chi connectivity index (χ1n) is 4.96. The minimum absolute atomic E-state index is 0.393. The molecule has 0 spiro atoms. The van der Waals surface area contributed by atoms with Crippen LogP contribution in [0.15, 0.2) is 12.2 Å². The van der Waals surface area contributed by atoms with Crippen LogP contribution in [-0.2, 0) is 4.79 Å². The molecular weight excluding hydrogens is 164 g/mol. The standard InChI is InChI=1S/C11H20O2/c1-3-4-5-8-11(2,13)9-6-7-10-12/h6,9-10,13H,3-5,7-8H2,1-2H3/b9-6+. The summed E-state index contributed by atoms with van der Waals surface area (Å²) in [6.07, 6.45) is 8.79. The van der Waals surface area contributed by atoms with Crippen LogP contribution in [0.4, 0.5) is 0 Å². The lowest BCUT2D eigenvalue weighted by Gasteiger charge is -2.18. The fourth-order valence-corrected chi connectivity index (χ4v) is 1.19. The van der Waals surface area contributed by atoms with Crippen LogP contribution in [-0.4, -0.2) is 17.0 Å². The van der Waals surface area contributed by atoms with Crippen molar-refractivity contribution >= 4 is 6.29 Å². The van der Waals surface area contributed by atoms with Crippen molar-refractivity contribution in [3.05, 3.63) is 12.2 Å². The number of hydrogen-bond donors (Lipinski definition) is 1. The van der Waals surface area contributed by atoms with E-state index < -0.39 is 5.60 Å². The average molecular weight is 184 g/mol. The lowest BCUT2D eigenvalue weighted by Crippen LogP contribution is -2.20. The van der Waals surface area contributed by atoms with E-state index in [-0.39, 0.29) is 0 Å². The van der Waals surface area contributed by atoms with E-state index in [1.54, 1.807) is 19.1 Å². The minimum atomic E-state index is -0.738. The third-order valence-corrected chi connectivity index (χ3v) is 2.00. The molecule has 1 N–H and O–H groups in total. The zero-order valence-corrected chi connectivity index (χ0v) is 8.62. The molecule has 1 unspecified atom stereocenters. The number of unbranched alkanes of at least 4 members (excludes halogenated alkanes) is 2. The second-order valence-electron chi connectivity index (χ2n) is 3.62. The maximum Gasteiger partial charge on any atom is 0.123 e. The number of rotatable bonds is 7. The molecule has 1 atom stereocenters. The molecule has 0 aliphatic heterocycles. The van der Waals surface area contributed by atoms with E-state index in [1.807, 2.05) is 0 Å². The molecule has 0 heterocycles. The zero-order chi connectivity index (χ0) is 10.2. The summed E-state index contributed by atoms with van der Waals surface area (Å²) in [7, 11) is 0. The Bertz CT molecular complexity index is 159. The molecule has 0 rings (SSSR count). The Morgan fingerprint density at radius 2 is 2.08 bits per heavy atom. The Labute approximate surface area is 80.7 Å². The van der Waals surface area contributed by atoms with Crippen molar-refractivity contribution < 1.29 is 9.90 Å². The van der Waals surface area contributed by atoms with Crippen molar-refractivity contribution in [2.75, 3.05) is 0 Å². The van der Waals surface area contributed by atoms with Crippen molar-refractivity contribution in [2.45, 2.75) is 51.6 Å². The Morgan fingerprint density at radius 1 is 1.38 bits per heavy atom. The summed E-state index contributed by atoms with van der Waals surface area (Å²) in [5.74, 6) is 0. The van der Waals surface area contributed by atoms with E-state index in [0.29, 0.717) is 6.42 Å². The summed E-state index contributed by atoms with van der Waals surface area (Å²) in [5.41, 5.74) is -0.738. The Hall–Kier alpha value is -0.630. The van der Waals surface area contributed by atoms with Crippen molar-refractivity contribution in [3.8, 4) is 0 Å². The highest BCUT2D eigenvalue weighted by atomic mass is 16.3. The first-order chi connectivity index (χ1) is 6.12. The van der Waals surface area contributed by atoms with Crippen LogP contribution in [0, 0.1) is 0 Å². The lowest BCUT2D eigenvalue weighted by atomic mass is 9.98. The first-order valence-corrected chi connectivity index (χ1v) is 4.96. The Kier molecular flexibility index (Phi) is 6.51. The van der Waals surface area contributed by atoms with Crippen molar-refractivity contribution in [3.63, 3.8) is 0 Å². The maximum atomic E-state index is 10.0. The van der Waals surface area contributed by atoms with Gasteiger partial charge in [0.25, 0.3) is 0 Å². The lowest BCUT2D eigenvalue weighted by molar-refractivity contribution is -0.107. The van der Waals surface area contributed by atoms with Crippen LogP contribution in [0.5, 0.6) is 0 Å². The highest BCUT2D eigenvalue weighted by Crippen LogP contribution is 2.15. The third kappa shape index (κ3) is 7.72. The molecular formula is C11H20O2. The first kappa shape index (κ1) is 12.4. The molecule has 0 aliphatic rings. The number of aliphatic hydroxyl groups is 1. The van der Waals surface area contributed by atoms with E-state index in [0.717, 1.165) is 32.0 Å². The highest BCUT2D eigenvalue weighted by molar-refractivity contribution is 5.51. The van der Waals surface area contributed by atoms with Gasteiger partial charge < -0.3 is 9.90 Å². The minimum Gasteiger partial charge on any atom is -0.386 e. The van der Waals surface area contributed by atoms with Crippen LogP contribution in [0.2, 0.25) is 0 Å². The van der Waals surface area contributed by atoms with Gasteiger partial charge >= 0.3 is 0 Å². The summed E-state index contributed by atoms with van der Waals surface area (Å²) in [4.78, 5) is 10.0. The van der Waals surface area contributed by atoms with Crippen molar-refractivity contribution in [1.82, 2.24) is 0 Å². The van der Waals surface area contributed by atoms with E-state index >= 15 is 0 Å². The molecule has 0 amide bonds. The molecule has 0 saturated heterocycles. The van der Waals surface area contributed by atoms with Gasteiger partial charge in [-0.3, -0.25) is 0 Å². The molecule has 0 saturated carbocycles. The molecule has 0 aromatic rings. The molecule has 0 bridgehead atoms. The van der Waals surface area contributed by atoms with Gasteiger partial charge in [0, 0.05) is 6.42 Å². The zero-order valence-electron chi connectivity index (χ0n) is 8.62. The van der Waals surface area contributed by atoms with Crippen LogP contribution in [0.1, 0.15) is 46.0 Å². The van der Waals surface area contributed by atoms with Gasteiger partial charge in [-0.1, -0.05) is 38.3 Å². The SMILES string of the molecule is CCCCCC(C)(O)/C=C/CC=O. The van der Waals surface area contributed by atoms with Crippen LogP contribution >= 0.6 is 0 Å². The fourth-order valence-electron chi connectivity index (χ4n) is 1.19. The third-order valence-electron chi connectivity index (χ3n) is 2.00. The molecule has 2 nitrogen and oxygen atoms in total. The quantitative estimate of drug-likeness (QED) is 0.375. The number of hydrogen-bond acceptors (Lipinski definition) is 2. The number of allylic oxidation sites excluding steroid dienone is 1. The molecule has 0 aromatic heterocycles. The number of aldehydes is 1. The summed E-state index contributed by atoms with van der Waals surface area (Å²) < 4.78 is 0. The summed E-state index contributed by atoms with van der Waals surface area (Å²) >= 11 is 0. The van der Waals surface area contributed by atoms with Crippen molar-refractivity contribution in [1.29, 1.82) is 0 Å². The largest absolute Gasteiger partial charge is 0.386 e. The van der Waals surface area contributed by atoms with Gasteiger partial charge in [-0.05, 0) is 13.3 Å². The molecule has 76 valence electrons. The Balaban J connectivity index is 3.71. The smallest absolute Gasteiger partial charge is 0.123 e. The molecule has 13 heavy (non-hydrogen) atoms. The van der Waals surface area contributed by atoms with Crippen LogP contribution < -0.4 is 0 Å². The highest BCUT2D eigenvalue weighted by Gasteiger charge is 2.14. The number of carbonyl (C=O) groups excluding carboxylic acids is 1. The van der Waals surface area contributed by atoms with E-state index in [2.05, 4.69) is 6.92 Å². The maximum absolute atomic E-state index is 10.0. The topological polar surface area (TPSA) is 37.3 Å². The monoisotopic (exact) mass is 184 g/mol. The molecule has 0 fully saturated rings.